The van der Waals surface area contributed by atoms with E-state index in [1.165, 1.54) is 18.4 Å². The van der Waals surface area contributed by atoms with Gasteiger partial charge in [-0.2, -0.15) is 0 Å². The molecule has 0 bridgehead atoms. The predicted octanol–water partition coefficient (Wildman–Crippen LogP) is 1.77. The molecular formula is C11H11NO4S. The average Bonchev–Trinajstić information content (AvgIpc) is 2.74. The Kier molecular flexibility index (Phi) is 3.14. The van der Waals surface area contributed by atoms with Gasteiger partial charge in [-0.25, -0.2) is 4.79 Å². The SMILES string of the molecule is CCOC(=O)c1c(OC)c(=O)[nH]c2ccsc12. The molecule has 5 nitrogen and oxygen atoms in total. The minimum absolute atomic E-state index is 0.00148. The molecule has 2 aromatic rings. The van der Waals surface area contributed by atoms with Crippen molar-refractivity contribution in [2.24, 2.45) is 0 Å². The summed E-state index contributed by atoms with van der Waals surface area (Å²) in [5.41, 5.74) is 0.383. The highest BCUT2D eigenvalue weighted by atomic mass is 32.1. The third-order valence-corrected chi connectivity index (χ3v) is 3.19. The lowest BCUT2D eigenvalue weighted by Crippen LogP contribution is -2.16. The Hall–Kier alpha value is -1.82. The highest BCUT2D eigenvalue weighted by Gasteiger charge is 2.21. The number of carbonyl (C=O) groups is 1. The number of aromatic nitrogens is 1. The summed E-state index contributed by atoms with van der Waals surface area (Å²) >= 11 is 1.36. The fraction of sp³-hybridized carbons (Fsp3) is 0.273. The molecule has 0 saturated carbocycles. The molecule has 0 aliphatic heterocycles. The molecule has 6 heteroatoms. The molecular weight excluding hydrogens is 242 g/mol. The molecule has 1 N–H and O–H groups in total. The summed E-state index contributed by atoms with van der Waals surface area (Å²) in [6.45, 7) is 1.96. The van der Waals surface area contributed by atoms with Gasteiger partial charge in [0.1, 0.15) is 5.56 Å². The van der Waals surface area contributed by atoms with Crippen LogP contribution in [0.3, 0.4) is 0 Å². The Labute approximate surface area is 101 Å². The third kappa shape index (κ3) is 1.91. The Morgan fingerprint density at radius 1 is 1.53 bits per heavy atom. The van der Waals surface area contributed by atoms with E-state index in [1.54, 1.807) is 18.4 Å². The van der Waals surface area contributed by atoms with Gasteiger partial charge in [0.15, 0.2) is 5.75 Å². The van der Waals surface area contributed by atoms with Gasteiger partial charge in [-0.3, -0.25) is 4.79 Å². The Bertz CT molecular complexity index is 613. The molecule has 0 unspecified atom stereocenters. The van der Waals surface area contributed by atoms with Gasteiger partial charge in [-0.05, 0) is 18.4 Å². The number of thiophene rings is 1. The summed E-state index contributed by atoms with van der Waals surface area (Å²) in [5.74, 6) is -0.540. The second-order valence-corrected chi connectivity index (χ2v) is 4.16. The maximum atomic E-state index is 11.8. The lowest BCUT2D eigenvalue weighted by molar-refractivity contribution is 0.0525. The second-order valence-electron chi connectivity index (χ2n) is 3.25. The van der Waals surface area contributed by atoms with Crippen LogP contribution in [0.2, 0.25) is 0 Å². The van der Waals surface area contributed by atoms with Crippen LogP contribution >= 0.6 is 11.3 Å². The standard InChI is InChI=1S/C11H11NO4S/c1-3-16-11(14)7-8(15-2)10(13)12-6-4-5-17-9(6)7/h4-5H,3H2,1-2H3,(H,12,13). The topological polar surface area (TPSA) is 68.4 Å². The van der Waals surface area contributed by atoms with Crippen LogP contribution in [0.15, 0.2) is 16.2 Å². The lowest BCUT2D eigenvalue weighted by Gasteiger charge is -2.07. The van der Waals surface area contributed by atoms with Gasteiger partial charge in [-0.15, -0.1) is 11.3 Å². The highest BCUT2D eigenvalue weighted by molar-refractivity contribution is 7.17. The largest absolute Gasteiger partial charge is 0.490 e. The van der Waals surface area contributed by atoms with Gasteiger partial charge in [0, 0.05) is 0 Å². The second kappa shape index (κ2) is 4.58. The number of carbonyl (C=O) groups excluding carboxylic acids is 1. The van der Waals surface area contributed by atoms with Crippen molar-refractivity contribution in [2.45, 2.75) is 6.92 Å². The van der Waals surface area contributed by atoms with Crippen molar-refractivity contribution in [3.05, 3.63) is 27.4 Å². The smallest absolute Gasteiger partial charge is 0.343 e. The zero-order chi connectivity index (χ0) is 12.4. The minimum atomic E-state index is -0.539. The van der Waals surface area contributed by atoms with Crippen LogP contribution in [0.5, 0.6) is 5.75 Å². The van der Waals surface area contributed by atoms with Crippen molar-refractivity contribution in [1.29, 1.82) is 0 Å². The molecule has 0 fully saturated rings. The summed E-state index contributed by atoms with van der Waals surface area (Å²) in [4.78, 5) is 26.2. The van der Waals surface area contributed by atoms with Gasteiger partial charge in [0.05, 0.1) is 23.9 Å². The van der Waals surface area contributed by atoms with Crippen molar-refractivity contribution >= 4 is 27.5 Å². The third-order valence-electron chi connectivity index (χ3n) is 2.26. The Morgan fingerprint density at radius 2 is 2.29 bits per heavy atom. The van der Waals surface area contributed by atoms with E-state index < -0.39 is 11.5 Å². The van der Waals surface area contributed by atoms with E-state index in [0.717, 1.165) is 0 Å². The van der Waals surface area contributed by atoms with E-state index >= 15 is 0 Å². The zero-order valence-electron chi connectivity index (χ0n) is 9.40. The molecule has 2 rings (SSSR count). The molecule has 0 spiro atoms. The van der Waals surface area contributed by atoms with Crippen molar-refractivity contribution in [2.75, 3.05) is 13.7 Å². The van der Waals surface area contributed by atoms with Crippen LogP contribution in [0.25, 0.3) is 10.2 Å². The monoisotopic (exact) mass is 253 g/mol. The number of hydrogen-bond donors (Lipinski definition) is 1. The van der Waals surface area contributed by atoms with Crippen LogP contribution in [-0.2, 0) is 4.74 Å². The average molecular weight is 253 g/mol. The predicted molar refractivity (Wildman–Crippen MR) is 65.0 cm³/mol. The summed E-state index contributed by atoms with van der Waals surface area (Å²) in [7, 11) is 1.35. The number of esters is 1. The summed E-state index contributed by atoms with van der Waals surface area (Å²) in [6.07, 6.45) is 0. The van der Waals surface area contributed by atoms with Gasteiger partial charge in [0.25, 0.3) is 5.56 Å². The van der Waals surface area contributed by atoms with Gasteiger partial charge >= 0.3 is 5.97 Å². The Balaban J connectivity index is 2.75. The number of fused-ring (bicyclic) bond motifs is 1. The molecule has 0 saturated heterocycles. The number of H-pyrrole nitrogens is 1. The molecule has 2 aromatic heterocycles. The first-order valence-electron chi connectivity index (χ1n) is 5.03. The molecule has 0 aliphatic carbocycles. The lowest BCUT2D eigenvalue weighted by atomic mass is 10.2. The number of aromatic amines is 1. The van der Waals surface area contributed by atoms with Gasteiger partial charge in [-0.1, -0.05) is 0 Å². The number of methoxy groups -OCH3 is 1. The van der Waals surface area contributed by atoms with Crippen LogP contribution in [0.4, 0.5) is 0 Å². The fourth-order valence-electron chi connectivity index (χ4n) is 1.58. The van der Waals surface area contributed by atoms with E-state index in [-0.39, 0.29) is 17.9 Å². The summed E-state index contributed by atoms with van der Waals surface area (Å²) < 4.78 is 10.6. The number of ether oxygens (including phenoxy) is 2. The highest BCUT2D eigenvalue weighted by Crippen LogP contribution is 2.28. The van der Waals surface area contributed by atoms with E-state index in [1.807, 2.05) is 0 Å². The molecule has 2 heterocycles. The number of nitrogens with one attached hydrogen (secondary N) is 1. The summed E-state index contributed by atoms with van der Waals surface area (Å²) in [6, 6.07) is 1.74. The van der Waals surface area contributed by atoms with Crippen LogP contribution in [0, 0.1) is 0 Å². The normalized spacial score (nSPS) is 10.5. The van der Waals surface area contributed by atoms with Crippen LogP contribution < -0.4 is 10.3 Å². The van der Waals surface area contributed by atoms with Crippen LogP contribution in [-0.4, -0.2) is 24.7 Å². The maximum Gasteiger partial charge on any atom is 0.343 e. The zero-order valence-corrected chi connectivity index (χ0v) is 10.2. The molecule has 0 aliphatic rings. The van der Waals surface area contributed by atoms with E-state index in [9.17, 15) is 9.59 Å². The van der Waals surface area contributed by atoms with Crippen molar-refractivity contribution in [1.82, 2.24) is 4.98 Å². The minimum Gasteiger partial charge on any atom is -0.490 e. The fourth-order valence-corrected chi connectivity index (χ4v) is 2.46. The maximum absolute atomic E-state index is 11.8. The molecule has 90 valence electrons. The molecule has 0 radical (unpaired) electrons. The number of rotatable bonds is 3. The van der Waals surface area contributed by atoms with Crippen LogP contribution in [0.1, 0.15) is 17.3 Å². The molecule has 17 heavy (non-hydrogen) atoms. The van der Waals surface area contributed by atoms with E-state index in [4.69, 9.17) is 9.47 Å². The van der Waals surface area contributed by atoms with E-state index in [2.05, 4.69) is 4.98 Å². The number of hydrogen-bond acceptors (Lipinski definition) is 5. The first kappa shape index (κ1) is 11.7. The molecule has 0 amide bonds. The molecule has 0 aromatic carbocycles. The van der Waals surface area contributed by atoms with Gasteiger partial charge < -0.3 is 14.5 Å². The number of pyridine rings is 1. The summed E-state index contributed by atoms with van der Waals surface area (Å²) in [5, 5.41) is 1.79. The Morgan fingerprint density at radius 3 is 2.94 bits per heavy atom. The van der Waals surface area contributed by atoms with E-state index in [0.29, 0.717) is 10.2 Å². The van der Waals surface area contributed by atoms with Crippen molar-refractivity contribution in [3.63, 3.8) is 0 Å². The quantitative estimate of drug-likeness (QED) is 0.846. The molecule has 0 atom stereocenters. The van der Waals surface area contributed by atoms with Crippen molar-refractivity contribution in [3.8, 4) is 5.75 Å². The van der Waals surface area contributed by atoms with Gasteiger partial charge in [0.2, 0.25) is 0 Å². The first-order valence-corrected chi connectivity index (χ1v) is 5.91. The van der Waals surface area contributed by atoms with Crippen molar-refractivity contribution < 1.29 is 14.3 Å². The first-order chi connectivity index (χ1) is 8.19.